The van der Waals surface area contributed by atoms with Gasteiger partial charge >= 0.3 is 5.97 Å². The molecule has 0 aromatic heterocycles. The first-order valence-corrected chi connectivity index (χ1v) is 3.43. The van der Waals surface area contributed by atoms with Crippen LogP contribution >= 0.6 is 0 Å². The standard InChI is InChI=1S/C6H10O6/c7-1-2(8)5-3(9)4(10)6(11)12-5/h2-5,7-10H,1H2/t2?,3-,4-,5+/m0/s1. The van der Waals surface area contributed by atoms with E-state index in [1.807, 2.05) is 0 Å². The Morgan fingerprint density at radius 3 is 2.42 bits per heavy atom. The maximum Gasteiger partial charge on any atom is 0.338 e. The van der Waals surface area contributed by atoms with Crippen LogP contribution < -0.4 is 0 Å². The fraction of sp³-hybridized carbons (Fsp3) is 0.833. The van der Waals surface area contributed by atoms with Crippen molar-refractivity contribution in [2.75, 3.05) is 6.61 Å². The molecule has 0 aromatic carbocycles. The molecule has 0 aliphatic carbocycles. The second-order valence-electron chi connectivity index (χ2n) is 2.59. The van der Waals surface area contributed by atoms with E-state index in [1.165, 1.54) is 0 Å². The van der Waals surface area contributed by atoms with Crippen molar-refractivity contribution >= 4 is 5.97 Å². The van der Waals surface area contributed by atoms with E-state index in [9.17, 15) is 4.79 Å². The Hall–Kier alpha value is -0.690. The quantitative estimate of drug-likeness (QED) is 0.335. The van der Waals surface area contributed by atoms with E-state index in [0.29, 0.717) is 0 Å². The molecule has 0 saturated carbocycles. The molecule has 0 radical (unpaired) electrons. The lowest BCUT2D eigenvalue weighted by molar-refractivity contribution is -0.151. The number of hydrogen-bond acceptors (Lipinski definition) is 6. The van der Waals surface area contributed by atoms with Gasteiger partial charge in [-0.3, -0.25) is 0 Å². The highest BCUT2D eigenvalue weighted by molar-refractivity contribution is 5.77. The average molecular weight is 178 g/mol. The first kappa shape index (κ1) is 9.40. The molecular formula is C6H10O6. The molecule has 4 atom stereocenters. The topological polar surface area (TPSA) is 107 Å². The van der Waals surface area contributed by atoms with E-state index in [2.05, 4.69) is 4.74 Å². The van der Waals surface area contributed by atoms with Crippen LogP contribution in [-0.2, 0) is 9.53 Å². The zero-order valence-electron chi connectivity index (χ0n) is 6.12. The van der Waals surface area contributed by atoms with Gasteiger partial charge in [-0.25, -0.2) is 4.79 Å². The highest BCUT2D eigenvalue weighted by Gasteiger charge is 2.45. The highest BCUT2D eigenvalue weighted by atomic mass is 16.6. The summed E-state index contributed by atoms with van der Waals surface area (Å²) in [7, 11) is 0. The Morgan fingerprint density at radius 1 is 1.50 bits per heavy atom. The fourth-order valence-electron chi connectivity index (χ4n) is 1.00. The van der Waals surface area contributed by atoms with Crippen molar-refractivity contribution in [2.24, 2.45) is 0 Å². The van der Waals surface area contributed by atoms with Crippen LogP contribution in [0, 0.1) is 0 Å². The lowest BCUT2D eigenvalue weighted by atomic mass is 10.1. The predicted molar refractivity (Wildman–Crippen MR) is 35.0 cm³/mol. The van der Waals surface area contributed by atoms with Gasteiger partial charge in [0.05, 0.1) is 6.61 Å². The molecular weight excluding hydrogens is 168 g/mol. The van der Waals surface area contributed by atoms with Gasteiger partial charge in [0.15, 0.2) is 12.2 Å². The number of carbonyl (C=O) groups is 1. The zero-order chi connectivity index (χ0) is 9.30. The van der Waals surface area contributed by atoms with Crippen LogP contribution in [0.3, 0.4) is 0 Å². The minimum atomic E-state index is -1.63. The Labute approximate surface area is 68.0 Å². The van der Waals surface area contributed by atoms with Gasteiger partial charge in [0.2, 0.25) is 0 Å². The molecule has 0 bridgehead atoms. The van der Waals surface area contributed by atoms with E-state index >= 15 is 0 Å². The van der Waals surface area contributed by atoms with E-state index in [-0.39, 0.29) is 0 Å². The summed E-state index contributed by atoms with van der Waals surface area (Å²) >= 11 is 0. The Balaban J connectivity index is 2.64. The molecule has 70 valence electrons. The molecule has 0 aromatic rings. The van der Waals surface area contributed by atoms with Crippen LogP contribution in [0.5, 0.6) is 0 Å². The smallest absolute Gasteiger partial charge is 0.338 e. The minimum absolute atomic E-state index is 0.637. The largest absolute Gasteiger partial charge is 0.455 e. The van der Waals surface area contributed by atoms with Gasteiger partial charge < -0.3 is 25.2 Å². The predicted octanol–water partition coefficient (Wildman–Crippen LogP) is -3.01. The van der Waals surface area contributed by atoms with Crippen molar-refractivity contribution in [3.63, 3.8) is 0 Å². The maximum absolute atomic E-state index is 10.6. The van der Waals surface area contributed by atoms with Crippen molar-refractivity contribution in [3.05, 3.63) is 0 Å². The summed E-state index contributed by atoms with van der Waals surface area (Å²) in [6.45, 7) is -0.637. The first-order chi connectivity index (χ1) is 5.57. The Bertz CT molecular complexity index is 181. The molecule has 1 saturated heterocycles. The fourth-order valence-corrected chi connectivity index (χ4v) is 1.00. The molecule has 1 heterocycles. The molecule has 1 aliphatic rings. The van der Waals surface area contributed by atoms with Crippen LogP contribution in [0.1, 0.15) is 0 Å². The normalized spacial score (nSPS) is 38.0. The van der Waals surface area contributed by atoms with Crippen molar-refractivity contribution in [2.45, 2.75) is 24.4 Å². The van der Waals surface area contributed by atoms with Crippen molar-refractivity contribution in [1.29, 1.82) is 0 Å². The summed E-state index contributed by atoms with van der Waals surface area (Å²) in [6.07, 6.45) is -5.70. The SMILES string of the molecule is O=C1O[C@H](C(O)CO)[C@@H](O)[C@@H]1O. The molecule has 0 amide bonds. The van der Waals surface area contributed by atoms with E-state index in [0.717, 1.165) is 0 Å². The van der Waals surface area contributed by atoms with Crippen LogP contribution in [0.2, 0.25) is 0 Å². The number of esters is 1. The third kappa shape index (κ3) is 1.42. The lowest BCUT2D eigenvalue weighted by Crippen LogP contribution is -2.40. The Kier molecular flexibility index (Phi) is 2.63. The highest BCUT2D eigenvalue weighted by Crippen LogP contribution is 2.18. The van der Waals surface area contributed by atoms with Gasteiger partial charge in [-0.2, -0.15) is 0 Å². The number of aliphatic hydroxyl groups excluding tert-OH is 4. The van der Waals surface area contributed by atoms with Crippen molar-refractivity contribution < 1.29 is 30.0 Å². The van der Waals surface area contributed by atoms with Gasteiger partial charge in [-0.1, -0.05) is 0 Å². The van der Waals surface area contributed by atoms with Crippen molar-refractivity contribution in [3.8, 4) is 0 Å². The summed E-state index contributed by atoms with van der Waals surface area (Å²) in [5, 5.41) is 35.3. The van der Waals surface area contributed by atoms with Crippen LogP contribution in [0.25, 0.3) is 0 Å². The summed E-state index contributed by atoms with van der Waals surface area (Å²) in [4.78, 5) is 10.6. The number of carbonyl (C=O) groups excluding carboxylic acids is 1. The van der Waals surface area contributed by atoms with Gasteiger partial charge in [0.1, 0.15) is 12.2 Å². The maximum atomic E-state index is 10.6. The van der Waals surface area contributed by atoms with E-state index in [1.54, 1.807) is 0 Å². The summed E-state index contributed by atoms with van der Waals surface area (Å²) < 4.78 is 4.39. The summed E-state index contributed by atoms with van der Waals surface area (Å²) in [5.41, 5.74) is 0. The zero-order valence-corrected chi connectivity index (χ0v) is 6.12. The van der Waals surface area contributed by atoms with E-state index < -0.39 is 37.0 Å². The van der Waals surface area contributed by atoms with Crippen LogP contribution in [0.15, 0.2) is 0 Å². The summed E-state index contributed by atoms with van der Waals surface area (Å²) in [6, 6.07) is 0. The molecule has 12 heavy (non-hydrogen) atoms. The van der Waals surface area contributed by atoms with Crippen LogP contribution in [-0.4, -0.2) is 57.4 Å². The number of rotatable bonds is 2. The molecule has 1 rings (SSSR count). The second kappa shape index (κ2) is 3.36. The van der Waals surface area contributed by atoms with Gasteiger partial charge in [-0.15, -0.1) is 0 Å². The van der Waals surface area contributed by atoms with Gasteiger partial charge in [0, 0.05) is 0 Å². The van der Waals surface area contributed by atoms with Gasteiger partial charge in [-0.05, 0) is 0 Å². The minimum Gasteiger partial charge on any atom is -0.455 e. The Morgan fingerprint density at radius 2 is 2.08 bits per heavy atom. The second-order valence-corrected chi connectivity index (χ2v) is 2.59. The number of hydrogen-bond donors (Lipinski definition) is 4. The number of ether oxygens (including phenoxy) is 1. The molecule has 6 heteroatoms. The molecule has 4 N–H and O–H groups in total. The molecule has 1 unspecified atom stereocenters. The van der Waals surface area contributed by atoms with E-state index in [4.69, 9.17) is 20.4 Å². The molecule has 0 spiro atoms. The third-order valence-electron chi connectivity index (χ3n) is 1.72. The molecule has 1 fully saturated rings. The molecule has 1 aliphatic heterocycles. The third-order valence-corrected chi connectivity index (χ3v) is 1.72. The molecule has 6 nitrogen and oxygen atoms in total. The monoisotopic (exact) mass is 178 g/mol. The van der Waals surface area contributed by atoms with Gasteiger partial charge in [0.25, 0.3) is 0 Å². The van der Waals surface area contributed by atoms with Crippen molar-refractivity contribution in [1.82, 2.24) is 0 Å². The summed E-state index contributed by atoms with van der Waals surface area (Å²) in [5.74, 6) is -0.986. The number of aliphatic hydroxyl groups is 4. The average Bonchev–Trinajstić information content (AvgIpc) is 2.32. The lowest BCUT2D eigenvalue weighted by Gasteiger charge is -2.17. The number of cyclic esters (lactones) is 1. The van der Waals surface area contributed by atoms with Crippen LogP contribution in [0.4, 0.5) is 0 Å². The first-order valence-electron chi connectivity index (χ1n) is 3.43.